The van der Waals surface area contributed by atoms with Crippen molar-refractivity contribution in [3.05, 3.63) is 23.5 Å². The largest absolute Gasteiger partial charge is 0.433 e. The predicted octanol–water partition coefficient (Wildman–Crippen LogP) is 2.14. The lowest BCUT2D eigenvalue weighted by molar-refractivity contribution is -0.141. The molecule has 156 valence electrons. The average Bonchev–Trinajstić information content (AvgIpc) is 2.52. The molecule has 1 aromatic heterocycles. The molecular formula is C18H24F3N3O3S. The highest BCUT2D eigenvalue weighted by molar-refractivity contribution is 7.89. The summed E-state index contributed by atoms with van der Waals surface area (Å²) in [5.41, 5.74) is -1.23. The zero-order chi connectivity index (χ0) is 20.3. The Bertz CT molecular complexity index is 861. The van der Waals surface area contributed by atoms with Gasteiger partial charge >= 0.3 is 6.18 Å². The Labute approximate surface area is 162 Å². The summed E-state index contributed by atoms with van der Waals surface area (Å²) < 4.78 is 70.8. The number of hydrogen-bond donors (Lipinski definition) is 0. The standard InChI is InChI=1S/C18H24F3N3O3S/c1-12-7-27-6-5-14(12)23-8-17(9-23)10-24(11-17)28(25,26)15-3-4-16(18(19,20)21)22-13(15)2/h3-4,12,14H,5-11H2,1-2H3/t12-,14+/m0/s1. The maximum absolute atomic E-state index is 12.8. The molecule has 4 rings (SSSR count). The lowest BCUT2D eigenvalue weighted by Crippen LogP contribution is -2.74. The van der Waals surface area contributed by atoms with E-state index in [1.54, 1.807) is 0 Å². The highest BCUT2D eigenvalue weighted by Crippen LogP contribution is 2.44. The van der Waals surface area contributed by atoms with Crippen LogP contribution in [0, 0.1) is 18.3 Å². The lowest BCUT2D eigenvalue weighted by atomic mass is 9.72. The predicted molar refractivity (Wildman–Crippen MR) is 95.1 cm³/mol. The minimum Gasteiger partial charge on any atom is -0.381 e. The van der Waals surface area contributed by atoms with E-state index in [2.05, 4.69) is 16.8 Å². The van der Waals surface area contributed by atoms with Crippen LogP contribution in [-0.2, 0) is 20.9 Å². The van der Waals surface area contributed by atoms with Gasteiger partial charge in [-0.15, -0.1) is 0 Å². The highest BCUT2D eigenvalue weighted by Gasteiger charge is 2.57. The van der Waals surface area contributed by atoms with Crippen LogP contribution in [0.1, 0.15) is 24.7 Å². The maximum atomic E-state index is 12.8. The first-order valence-electron chi connectivity index (χ1n) is 9.39. The number of likely N-dealkylation sites (tertiary alicyclic amines) is 1. The van der Waals surface area contributed by atoms with E-state index in [0.717, 1.165) is 44.9 Å². The van der Waals surface area contributed by atoms with Crippen molar-refractivity contribution in [2.75, 3.05) is 39.4 Å². The van der Waals surface area contributed by atoms with Gasteiger partial charge in [0.15, 0.2) is 0 Å². The molecule has 0 aromatic carbocycles. The van der Waals surface area contributed by atoms with Crippen LogP contribution in [0.25, 0.3) is 0 Å². The molecule has 0 aliphatic carbocycles. The Morgan fingerprint density at radius 2 is 1.89 bits per heavy atom. The van der Waals surface area contributed by atoms with Crippen LogP contribution in [0.5, 0.6) is 0 Å². The Hall–Kier alpha value is -1.23. The molecule has 0 N–H and O–H groups in total. The number of nitrogens with zero attached hydrogens (tertiary/aromatic N) is 3. The van der Waals surface area contributed by atoms with Gasteiger partial charge in [-0.2, -0.15) is 17.5 Å². The second kappa shape index (κ2) is 6.65. The first kappa shape index (κ1) is 20.1. The van der Waals surface area contributed by atoms with Gasteiger partial charge < -0.3 is 4.74 Å². The molecule has 0 radical (unpaired) electrons. The Morgan fingerprint density at radius 1 is 1.21 bits per heavy atom. The Morgan fingerprint density at radius 3 is 2.46 bits per heavy atom. The van der Waals surface area contributed by atoms with E-state index in [1.165, 1.54) is 11.2 Å². The van der Waals surface area contributed by atoms with Crippen LogP contribution in [0.4, 0.5) is 13.2 Å². The van der Waals surface area contributed by atoms with Crippen LogP contribution < -0.4 is 0 Å². The number of alkyl halides is 3. The lowest BCUT2D eigenvalue weighted by Gasteiger charge is -2.62. The summed E-state index contributed by atoms with van der Waals surface area (Å²) in [5.74, 6) is 0.465. The van der Waals surface area contributed by atoms with Crippen molar-refractivity contribution in [1.82, 2.24) is 14.2 Å². The van der Waals surface area contributed by atoms with Crippen molar-refractivity contribution >= 4 is 10.0 Å². The van der Waals surface area contributed by atoms with Gasteiger partial charge in [-0.1, -0.05) is 6.92 Å². The fourth-order valence-corrected chi connectivity index (χ4v) is 6.48. The third-order valence-corrected chi connectivity index (χ3v) is 8.04. The normalized spacial score (nSPS) is 28.8. The van der Waals surface area contributed by atoms with Gasteiger partial charge in [-0.25, -0.2) is 13.4 Å². The number of halogens is 3. The quantitative estimate of drug-likeness (QED) is 0.751. The second-order valence-corrected chi connectivity index (χ2v) is 10.3. The molecule has 6 nitrogen and oxygen atoms in total. The zero-order valence-corrected chi connectivity index (χ0v) is 16.7. The molecule has 0 unspecified atom stereocenters. The molecule has 2 atom stereocenters. The molecule has 4 heterocycles. The van der Waals surface area contributed by atoms with Gasteiger partial charge in [0.1, 0.15) is 10.6 Å². The molecule has 10 heteroatoms. The van der Waals surface area contributed by atoms with Crippen LogP contribution in [0.2, 0.25) is 0 Å². The minimum absolute atomic E-state index is 0.0294. The molecule has 28 heavy (non-hydrogen) atoms. The number of sulfonamides is 1. The van der Waals surface area contributed by atoms with Crippen LogP contribution in [0.3, 0.4) is 0 Å². The third-order valence-electron chi connectivity index (χ3n) is 6.11. The second-order valence-electron chi connectivity index (χ2n) is 8.36. The molecule has 0 amide bonds. The van der Waals surface area contributed by atoms with Crippen molar-refractivity contribution in [3.8, 4) is 0 Å². The summed E-state index contributed by atoms with van der Waals surface area (Å²) in [7, 11) is -3.83. The number of hydrogen-bond acceptors (Lipinski definition) is 5. The first-order valence-corrected chi connectivity index (χ1v) is 10.8. The van der Waals surface area contributed by atoms with Crippen LogP contribution in [-0.4, -0.2) is 68.0 Å². The molecular weight excluding hydrogens is 395 g/mol. The number of aryl methyl sites for hydroxylation is 1. The smallest absolute Gasteiger partial charge is 0.381 e. The van der Waals surface area contributed by atoms with Crippen molar-refractivity contribution in [1.29, 1.82) is 0 Å². The monoisotopic (exact) mass is 419 g/mol. The highest BCUT2D eigenvalue weighted by atomic mass is 32.2. The topological polar surface area (TPSA) is 62.7 Å². The molecule has 1 aromatic rings. The molecule has 0 saturated carbocycles. The SMILES string of the molecule is Cc1nc(C(F)(F)F)ccc1S(=O)(=O)N1CC2(CN([C@@H]3CCOC[C@@H]3C)C2)C1. The van der Waals surface area contributed by atoms with E-state index in [0.29, 0.717) is 25.0 Å². The van der Waals surface area contributed by atoms with Crippen LogP contribution in [0.15, 0.2) is 17.0 Å². The summed E-state index contributed by atoms with van der Waals surface area (Å²) >= 11 is 0. The third kappa shape index (κ3) is 3.34. The fraction of sp³-hybridized carbons (Fsp3) is 0.722. The van der Waals surface area contributed by atoms with Crippen molar-refractivity contribution in [2.45, 2.75) is 37.4 Å². The summed E-state index contributed by atoms with van der Waals surface area (Å²) in [4.78, 5) is 5.71. The molecule has 3 saturated heterocycles. The van der Waals surface area contributed by atoms with Crippen molar-refractivity contribution < 1.29 is 26.3 Å². The molecule has 3 aliphatic heterocycles. The molecule has 3 fully saturated rings. The average molecular weight is 419 g/mol. The minimum atomic E-state index is -4.59. The van der Waals surface area contributed by atoms with E-state index in [9.17, 15) is 21.6 Å². The van der Waals surface area contributed by atoms with Gasteiger partial charge in [0, 0.05) is 44.2 Å². The number of ether oxygens (including phenoxy) is 1. The van der Waals surface area contributed by atoms with Gasteiger partial charge in [0.25, 0.3) is 0 Å². The number of pyridine rings is 1. The van der Waals surface area contributed by atoms with Crippen LogP contribution >= 0.6 is 0 Å². The van der Waals surface area contributed by atoms with E-state index in [1.807, 2.05) is 0 Å². The molecule has 0 bridgehead atoms. The fourth-order valence-electron chi connectivity index (χ4n) is 4.65. The Balaban J connectivity index is 1.41. The summed E-state index contributed by atoms with van der Waals surface area (Å²) in [6.07, 6.45) is -3.60. The zero-order valence-electron chi connectivity index (χ0n) is 15.9. The van der Waals surface area contributed by atoms with E-state index in [4.69, 9.17) is 4.74 Å². The number of aromatic nitrogens is 1. The van der Waals surface area contributed by atoms with Crippen molar-refractivity contribution in [3.63, 3.8) is 0 Å². The molecule has 3 aliphatic rings. The van der Waals surface area contributed by atoms with E-state index >= 15 is 0 Å². The van der Waals surface area contributed by atoms with Gasteiger partial charge in [0.2, 0.25) is 10.0 Å². The van der Waals surface area contributed by atoms with Gasteiger partial charge in [0.05, 0.1) is 12.3 Å². The van der Waals surface area contributed by atoms with E-state index in [-0.39, 0.29) is 16.0 Å². The maximum Gasteiger partial charge on any atom is 0.433 e. The molecule has 1 spiro atoms. The summed E-state index contributed by atoms with van der Waals surface area (Å²) in [6, 6.07) is 2.22. The van der Waals surface area contributed by atoms with Crippen molar-refractivity contribution in [2.24, 2.45) is 11.3 Å². The summed E-state index contributed by atoms with van der Waals surface area (Å²) in [6.45, 7) is 7.53. The van der Waals surface area contributed by atoms with Gasteiger partial charge in [-0.3, -0.25) is 4.90 Å². The van der Waals surface area contributed by atoms with E-state index < -0.39 is 21.9 Å². The summed E-state index contributed by atoms with van der Waals surface area (Å²) in [5, 5.41) is 0. The number of rotatable bonds is 3. The Kier molecular flexibility index (Phi) is 4.76. The van der Waals surface area contributed by atoms with Gasteiger partial charge in [-0.05, 0) is 31.4 Å². The first-order chi connectivity index (χ1) is 13.0.